The maximum Gasteiger partial charge on any atom is 0.337 e. The van der Waals surface area contributed by atoms with E-state index in [1.165, 1.54) is 35.5 Å². The first-order valence-corrected chi connectivity index (χ1v) is 10.1. The van der Waals surface area contributed by atoms with Crippen molar-refractivity contribution in [2.75, 3.05) is 33.5 Å². The molecule has 0 saturated carbocycles. The molecule has 0 bridgehead atoms. The van der Waals surface area contributed by atoms with Crippen LogP contribution >= 0.6 is 11.3 Å². The number of methoxy groups -OCH3 is 1. The molecule has 3 rings (SSSR count). The molecule has 2 N–H and O–H groups in total. The van der Waals surface area contributed by atoms with Gasteiger partial charge in [-0.1, -0.05) is 18.2 Å². The van der Waals surface area contributed by atoms with Crippen molar-refractivity contribution < 1.29 is 34.1 Å². The Kier molecular flexibility index (Phi) is 6.99. The second-order valence-electron chi connectivity index (χ2n) is 6.42. The minimum absolute atomic E-state index is 0.0181. The van der Waals surface area contributed by atoms with E-state index in [0.717, 1.165) is 0 Å². The smallest absolute Gasteiger partial charge is 0.337 e. The fraction of sp³-hybridized carbons (Fsp3) is 0.286. The Morgan fingerprint density at radius 1 is 1.17 bits per heavy atom. The highest BCUT2D eigenvalue weighted by Crippen LogP contribution is 2.39. The lowest BCUT2D eigenvalue weighted by Gasteiger charge is -2.26. The highest BCUT2D eigenvalue weighted by Gasteiger charge is 2.43. The average Bonchev–Trinajstić information content (AvgIpc) is 3.39. The van der Waals surface area contributed by atoms with Crippen LogP contribution in [0.15, 0.2) is 53.1 Å². The van der Waals surface area contributed by atoms with Crippen molar-refractivity contribution in [2.24, 2.45) is 0 Å². The molecule has 0 saturated heterocycles. The SMILES string of the molecule is COC(=O)c1ccc(C2C(C(=O)c3cccs3)=C(O)C(=O)N2CCOCCO)cc1. The van der Waals surface area contributed by atoms with Crippen LogP contribution in [0.2, 0.25) is 0 Å². The lowest BCUT2D eigenvalue weighted by Crippen LogP contribution is -2.34. The molecule has 1 aliphatic heterocycles. The summed E-state index contributed by atoms with van der Waals surface area (Å²) >= 11 is 1.22. The number of ketones is 1. The van der Waals surface area contributed by atoms with E-state index >= 15 is 0 Å². The molecule has 1 unspecified atom stereocenters. The molecule has 1 amide bonds. The summed E-state index contributed by atoms with van der Waals surface area (Å²) in [6.07, 6.45) is 0. The number of nitrogens with zero attached hydrogens (tertiary/aromatic N) is 1. The Hall–Kier alpha value is -3.01. The fourth-order valence-electron chi connectivity index (χ4n) is 3.25. The van der Waals surface area contributed by atoms with Crippen LogP contribution in [0.5, 0.6) is 0 Å². The summed E-state index contributed by atoms with van der Waals surface area (Å²) in [7, 11) is 1.28. The number of esters is 1. The first kappa shape index (κ1) is 21.7. The minimum atomic E-state index is -0.837. The van der Waals surface area contributed by atoms with Crippen molar-refractivity contribution >= 4 is 29.0 Å². The molecule has 1 aromatic carbocycles. The standard InChI is InChI=1S/C21H21NO7S/c1-28-21(27)14-6-4-13(5-7-14)17-16(18(24)15-3-2-12-30-15)19(25)20(26)22(17)8-10-29-11-9-23/h2-7,12,17,23,25H,8-11H2,1H3. The molecular formula is C21H21NO7S. The number of thiophene rings is 1. The van der Waals surface area contributed by atoms with E-state index in [1.807, 2.05) is 0 Å². The average molecular weight is 431 g/mol. The van der Waals surface area contributed by atoms with Gasteiger partial charge in [-0.15, -0.1) is 11.3 Å². The number of Topliss-reactive ketones (excluding diaryl/α,β-unsaturated/α-hetero) is 1. The quantitative estimate of drug-likeness (QED) is 0.355. The lowest BCUT2D eigenvalue weighted by atomic mass is 9.94. The number of carbonyl (C=O) groups excluding carboxylic acids is 3. The first-order valence-electron chi connectivity index (χ1n) is 9.18. The first-order chi connectivity index (χ1) is 14.5. The highest BCUT2D eigenvalue weighted by atomic mass is 32.1. The van der Waals surface area contributed by atoms with Gasteiger partial charge < -0.3 is 24.6 Å². The van der Waals surface area contributed by atoms with E-state index in [0.29, 0.717) is 16.0 Å². The third-order valence-electron chi connectivity index (χ3n) is 4.65. The number of ether oxygens (including phenoxy) is 2. The molecule has 1 atom stereocenters. The number of carbonyl (C=O) groups is 3. The molecular weight excluding hydrogens is 410 g/mol. The zero-order valence-corrected chi connectivity index (χ0v) is 17.1. The number of amides is 1. The molecule has 1 aromatic heterocycles. The van der Waals surface area contributed by atoms with Crippen molar-refractivity contribution in [1.82, 2.24) is 4.90 Å². The van der Waals surface area contributed by atoms with E-state index in [2.05, 4.69) is 0 Å². The van der Waals surface area contributed by atoms with Gasteiger partial charge in [0, 0.05) is 6.54 Å². The Balaban J connectivity index is 1.97. The second kappa shape index (κ2) is 9.66. The zero-order chi connectivity index (χ0) is 21.7. The summed E-state index contributed by atoms with van der Waals surface area (Å²) in [5.74, 6) is -2.22. The summed E-state index contributed by atoms with van der Waals surface area (Å²) in [4.78, 5) is 39.3. The molecule has 1 aliphatic rings. The van der Waals surface area contributed by atoms with Gasteiger partial charge in [0.15, 0.2) is 5.76 Å². The lowest BCUT2D eigenvalue weighted by molar-refractivity contribution is -0.130. The van der Waals surface area contributed by atoms with Gasteiger partial charge in [-0.3, -0.25) is 9.59 Å². The van der Waals surface area contributed by atoms with Gasteiger partial charge in [0.1, 0.15) is 0 Å². The van der Waals surface area contributed by atoms with E-state index in [1.54, 1.807) is 29.6 Å². The topological polar surface area (TPSA) is 113 Å². The third kappa shape index (κ3) is 4.28. The predicted octanol–water partition coefficient (Wildman–Crippen LogP) is 2.12. The molecule has 158 valence electrons. The van der Waals surface area contributed by atoms with Crippen LogP contribution in [-0.4, -0.2) is 66.2 Å². The number of aliphatic hydroxyl groups excluding tert-OH is 2. The van der Waals surface area contributed by atoms with Crippen LogP contribution in [0.25, 0.3) is 0 Å². The summed E-state index contributed by atoms with van der Waals surface area (Å²) in [5.41, 5.74) is 0.861. The Morgan fingerprint density at radius 3 is 2.50 bits per heavy atom. The molecule has 2 aromatic rings. The van der Waals surface area contributed by atoms with Crippen molar-refractivity contribution in [1.29, 1.82) is 0 Å². The second-order valence-corrected chi connectivity index (χ2v) is 7.37. The highest BCUT2D eigenvalue weighted by molar-refractivity contribution is 7.12. The van der Waals surface area contributed by atoms with Gasteiger partial charge in [-0.2, -0.15) is 0 Å². The molecule has 30 heavy (non-hydrogen) atoms. The Bertz CT molecular complexity index is 950. The molecule has 8 nitrogen and oxygen atoms in total. The molecule has 2 heterocycles. The number of hydrogen-bond acceptors (Lipinski definition) is 8. The number of rotatable bonds is 9. The van der Waals surface area contributed by atoms with Crippen LogP contribution in [0, 0.1) is 0 Å². The third-order valence-corrected chi connectivity index (χ3v) is 5.52. The molecule has 0 fully saturated rings. The number of hydrogen-bond donors (Lipinski definition) is 2. The molecule has 9 heteroatoms. The number of aliphatic hydroxyl groups is 2. The summed E-state index contributed by atoms with van der Waals surface area (Å²) in [5, 5.41) is 21.1. The molecule has 0 spiro atoms. The van der Waals surface area contributed by atoms with E-state index in [9.17, 15) is 19.5 Å². The van der Waals surface area contributed by atoms with Crippen LogP contribution in [0.4, 0.5) is 0 Å². The molecule has 0 radical (unpaired) electrons. The van der Waals surface area contributed by atoms with Crippen molar-refractivity contribution in [3.63, 3.8) is 0 Å². The Morgan fingerprint density at radius 2 is 1.90 bits per heavy atom. The van der Waals surface area contributed by atoms with Crippen LogP contribution in [-0.2, 0) is 14.3 Å². The maximum absolute atomic E-state index is 13.1. The minimum Gasteiger partial charge on any atom is -0.503 e. The molecule has 0 aliphatic carbocycles. The predicted molar refractivity (Wildman–Crippen MR) is 108 cm³/mol. The van der Waals surface area contributed by atoms with Crippen molar-refractivity contribution in [3.05, 3.63) is 69.1 Å². The van der Waals surface area contributed by atoms with Gasteiger partial charge in [0.2, 0.25) is 5.78 Å². The van der Waals surface area contributed by atoms with E-state index in [-0.39, 0.29) is 31.9 Å². The largest absolute Gasteiger partial charge is 0.503 e. The summed E-state index contributed by atoms with van der Waals surface area (Å²) in [6, 6.07) is 8.81. The van der Waals surface area contributed by atoms with E-state index < -0.39 is 29.5 Å². The van der Waals surface area contributed by atoms with Gasteiger partial charge >= 0.3 is 5.97 Å². The van der Waals surface area contributed by atoms with Gasteiger partial charge in [-0.25, -0.2) is 4.79 Å². The zero-order valence-electron chi connectivity index (χ0n) is 16.2. The fourth-order valence-corrected chi connectivity index (χ4v) is 3.93. The Labute approximate surface area is 177 Å². The van der Waals surface area contributed by atoms with E-state index in [4.69, 9.17) is 14.6 Å². The van der Waals surface area contributed by atoms with Crippen LogP contribution < -0.4 is 0 Å². The summed E-state index contributed by atoms with van der Waals surface area (Å²) < 4.78 is 9.96. The normalized spacial score (nSPS) is 16.3. The maximum atomic E-state index is 13.1. The number of benzene rings is 1. The van der Waals surface area contributed by atoms with Crippen molar-refractivity contribution in [2.45, 2.75) is 6.04 Å². The monoisotopic (exact) mass is 431 g/mol. The van der Waals surface area contributed by atoms with Crippen LogP contribution in [0.3, 0.4) is 0 Å². The van der Waals surface area contributed by atoms with Gasteiger partial charge in [0.25, 0.3) is 5.91 Å². The van der Waals surface area contributed by atoms with Gasteiger partial charge in [0.05, 0.1) is 49.0 Å². The van der Waals surface area contributed by atoms with Gasteiger partial charge in [-0.05, 0) is 29.1 Å². The van der Waals surface area contributed by atoms with Crippen LogP contribution in [0.1, 0.15) is 31.6 Å². The van der Waals surface area contributed by atoms with Crippen molar-refractivity contribution in [3.8, 4) is 0 Å². The summed E-state index contributed by atoms with van der Waals surface area (Å²) in [6.45, 7) is 0.184.